The molecule has 1 heterocycles. The van der Waals surface area contributed by atoms with Crippen LogP contribution in [0, 0.1) is 0 Å². The highest BCUT2D eigenvalue weighted by Gasteiger charge is 2.26. The predicted molar refractivity (Wildman–Crippen MR) is 92.5 cm³/mol. The molecule has 0 atom stereocenters. The molecule has 1 aromatic heterocycles. The number of benzene rings is 1. The Morgan fingerprint density at radius 3 is 2.33 bits per heavy atom. The molecule has 7 nitrogen and oxygen atoms in total. The SMILES string of the molecule is CN(C)S(=O)(=O)N(CC(=O)NCc1ccccn1)c1ccccc1. The van der Waals surface area contributed by atoms with Crippen molar-refractivity contribution in [1.82, 2.24) is 14.6 Å². The lowest BCUT2D eigenvalue weighted by molar-refractivity contribution is -0.119. The van der Waals surface area contributed by atoms with E-state index in [4.69, 9.17) is 0 Å². The highest BCUT2D eigenvalue weighted by Crippen LogP contribution is 2.18. The summed E-state index contributed by atoms with van der Waals surface area (Å²) in [7, 11) is -0.925. The Balaban J connectivity index is 2.12. The topological polar surface area (TPSA) is 82.6 Å². The lowest BCUT2D eigenvalue weighted by Gasteiger charge is -2.26. The summed E-state index contributed by atoms with van der Waals surface area (Å²) >= 11 is 0. The molecule has 0 aliphatic rings. The molecule has 0 fully saturated rings. The maximum atomic E-state index is 12.5. The molecule has 128 valence electrons. The molecule has 0 saturated carbocycles. The van der Waals surface area contributed by atoms with E-state index < -0.39 is 16.1 Å². The minimum Gasteiger partial charge on any atom is -0.349 e. The molecular weight excluding hydrogens is 328 g/mol. The molecule has 0 aliphatic carbocycles. The van der Waals surface area contributed by atoms with E-state index in [1.54, 1.807) is 48.7 Å². The molecule has 24 heavy (non-hydrogen) atoms. The van der Waals surface area contributed by atoms with Crippen LogP contribution in [0.25, 0.3) is 0 Å². The molecule has 1 amide bonds. The summed E-state index contributed by atoms with van der Waals surface area (Å²) in [4.78, 5) is 16.3. The fourth-order valence-corrected chi connectivity index (χ4v) is 3.04. The number of para-hydroxylation sites is 1. The van der Waals surface area contributed by atoms with Crippen LogP contribution in [0.1, 0.15) is 5.69 Å². The van der Waals surface area contributed by atoms with Crippen LogP contribution < -0.4 is 9.62 Å². The van der Waals surface area contributed by atoms with Crippen molar-refractivity contribution in [3.05, 3.63) is 60.4 Å². The third kappa shape index (κ3) is 4.53. The van der Waals surface area contributed by atoms with E-state index in [1.807, 2.05) is 6.07 Å². The van der Waals surface area contributed by atoms with Crippen molar-refractivity contribution >= 4 is 21.8 Å². The quantitative estimate of drug-likeness (QED) is 0.810. The van der Waals surface area contributed by atoms with E-state index in [9.17, 15) is 13.2 Å². The Bertz CT molecular complexity index is 764. The number of nitrogens with one attached hydrogen (secondary N) is 1. The number of rotatable bonds is 7. The van der Waals surface area contributed by atoms with E-state index in [-0.39, 0.29) is 13.1 Å². The van der Waals surface area contributed by atoms with Gasteiger partial charge in [-0.15, -0.1) is 0 Å². The van der Waals surface area contributed by atoms with Gasteiger partial charge in [-0.05, 0) is 24.3 Å². The Morgan fingerprint density at radius 1 is 1.08 bits per heavy atom. The minimum absolute atomic E-state index is 0.240. The van der Waals surface area contributed by atoms with Crippen molar-refractivity contribution < 1.29 is 13.2 Å². The van der Waals surface area contributed by atoms with Crippen molar-refractivity contribution in [1.29, 1.82) is 0 Å². The van der Waals surface area contributed by atoms with Gasteiger partial charge in [0.25, 0.3) is 0 Å². The average Bonchev–Trinajstić information content (AvgIpc) is 2.59. The van der Waals surface area contributed by atoms with Gasteiger partial charge in [-0.1, -0.05) is 24.3 Å². The Kier molecular flexibility index (Phi) is 5.88. The van der Waals surface area contributed by atoms with Gasteiger partial charge < -0.3 is 5.32 Å². The van der Waals surface area contributed by atoms with Gasteiger partial charge in [0, 0.05) is 20.3 Å². The summed E-state index contributed by atoms with van der Waals surface area (Å²) in [5.74, 6) is -0.407. The molecule has 0 aliphatic heterocycles. The average molecular weight is 348 g/mol. The zero-order chi connectivity index (χ0) is 17.6. The van der Waals surface area contributed by atoms with E-state index in [0.717, 1.165) is 8.61 Å². The maximum absolute atomic E-state index is 12.5. The zero-order valence-corrected chi connectivity index (χ0v) is 14.4. The molecule has 1 N–H and O–H groups in total. The Hall–Kier alpha value is -2.45. The third-order valence-corrected chi connectivity index (χ3v) is 5.08. The first kappa shape index (κ1) is 17.9. The first-order valence-electron chi connectivity index (χ1n) is 7.33. The van der Waals surface area contributed by atoms with Gasteiger partial charge in [-0.25, -0.2) is 4.31 Å². The Morgan fingerprint density at radius 2 is 1.75 bits per heavy atom. The minimum atomic E-state index is -3.78. The number of hydrogen-bond donors (Lipinski definition) is 1. The second kappa shape index (κ2) is 7.89. The van der Waals surface area contributed by atoms with Crippen molar-refractivity contribution in [2.24, 2.45) is 0 Å². The largest absolute Gasteiger partial charge is 0.349 e. The smallest absolute Gasteiger partial charge is 0.304 e. The van der Waals surface area contributed by atoms with Crippen LogP contribution in [0.5, 0.6) is 0 Å². The number of hydrogen-bond acceptors (Lipinski definition) is 4. The number of pyridine rings is 1. The lowest BCUT2D eigenvalue weighted by Crippen LogP contribution is -2.45. The monoisotopic (exact) mass is 348 g/mol. The van der Waals surface area contributed by atoms with Crippen LogP contribution in [0.4, 0.5) is 5.69 Å². The van der Waals surface area contributed by atoms with Crippen molar-refractivity contribution in [2.45, 2.75) is 6.54 Å². The molecular formula is C16H20N4O3S. The molecule has 0 bridgehead atoms. The first-order chi connectivity index (χ1) is 11.4. The number of carbonyl (C=O) groups is 1. The van der Waals surface area contributed by atoms with E-state index in [1.165, 1.54) is 14.1 Å². The lowest BCUT2D eigenvalue weighted by atomic mass is 10.3. The van der Waals surface area contributed by atoms with Crippen molar-refractivity contribution in [2.75, 3.05) is 24.9 Å². The first-order valence-corrected chi connectivity index (χ1v) is 8.73. The number of carbonyl (C=O) groups excluding carboxylic acids is 1. The van der Waals surface area contributed by atoms with Gasteiger partial charge in [0.05, 0.1) is 17.9 Å². The van der Waals surface area contributed by atoms with Gasteiger partial charge in [0.1, 0.15) is 6.54 Å². The van der Waals surface area contributed by atoms with E-state index in [0.29, 0.717) is 11.4 Å². The predicted octanol–water partition coefficient (Wildman–Crippen LogP) is 1.01. The fraction of sp³-hybridized carbons (Fsp3) is 0.250. The van der Waals surface area contributed by atoms with E-state index in [2.05, 4.69) is 10.3 Å². The third-order valence-electron chi connectivity index (χ3n) is 3.26. The molecule has 0 spiro atoms. The summed E-state index contributed by atoms with van der Waals surface area (Å²) in [6, 6.07) is 13.9. The van der Waals surface area contributed by atoms with Crippen LogP contribution in [0.2, 0.25) is 0 Å². The fourth-order valence-electron chi connectivity index (χ4n) is 1.98. The molecule has 2 rings (SSSR count). The second-order valence-electron chi connectivity index (χ2n) is 5.23. The van der Waals surface area contributed by atoms with Gasteiger partial charge in [0.15, 0.2) is 0 Å². The molecule has 8 heteroatoms. The number of nitrogens with zero attached hydrogens (tertiary/aromatic N) is 3. The van der Waals surface area contributed by atoms with Gasteiger partial charge in [-0.3, -0.25) is 9.78 Å². The van der Waals surface area contributed by atoms with E-state index >= 15 is 0 Å². The van der Waals surface area contributed by atoms with Crippen molar-refractivity contribution in [3.8, 4) is 0 Å². The number of anilines is 1. The van der Waals surface area contributed by atoms with Crippen LogP contribution >= 0.6 is 0 Å². The molecule has 2 aromatic rings. The zero-order valence-electron chi connectivity index (χ0n) is 13.6. The van der Waals surface area contributed by atoms with Crippen molar-refractivity contribution in [3.63, 3.8) is 0 Å². The van der Waals surface area contributed by atoms with Gasteiger partial charge in [0.2, 0.25) is 5.91 Å². The van der Waals surface area contributed by atoms with Crippen LogP contribution in [-0.4, -0.2) is 44.3 Å². The van der Waals surface area contributed by atoms with Crippen LogP contribution in [0.15, 0.2) is 54.7 Å². The van der Waals surface area contributed by atoms with Gasteiger partial charge in [-0.2, -0.15) is 12.7 Å². The summed E-state index contributed by atoms with van der Waals surface area (Å²) in [6.07, 6.45) is 1.63. The summed E-state index contributed by atoms with van der Waals surface area (Å²) in [5, 5.41) is 2.68. The second-order valence-corrected chi connectivity index (χ2v) is 7.30. The number of aromatic nitrogens is 1. The van der Waals surface area contributed by atoms with Crippen LogP contribution in [-0.2, 0) is 21.5 Å². The highest BCUT2D eigenvalue weighted by atomic mass is 32.2. The number of amides is 1. The normalized spacial score (nSPS) is 11.3. The standard InChI is InChI=1S/C16H20N4O3S/c1-19(2)24(22,23)20(15-9-4-3-5-10-15)13-16(21)18-12-14-8-6-7-11-17-14/h3-11H,12-13H2,1-2H3,(H,18,21). The summed E-state index contributed by atoms with van der Waals surface area (Å²) in [6.45, 7) is -0.0678. The Labute approximate surface area is 142 Å². The van der Waals surface area contributed by atoms with Gasteiger partial charge >= 0.3 is 10.2 Å². The molecule has 0 unspecified atom stereocenters. The summed E-state index contributed by atoms with van der Waals surface area (Å²) < 4.78 is 27.1. The molecule has 1 aromatic carbocycles. The molecule has 0 radical (unpaired) electrons. The van der Waals surface area contributed by atoms with Crippen LogP contribution in [0.3, 0.4) is 0 Å². The maximum Gasteiger partial charge on any atom is 0.304 e. The highest BCUT2D eigenvalue weighted by molar-refractivity contribution is 7.90. The summed E-state index contributed by atoms with van der Waals surface area (Å²) in [5.41, 5.74) is 1.13. The molecule has 0 saturated heterocycles.